The highest BCUT2D eigenvalue weighted by molar-refractivity contribution is 7.88. The van der Waals surface area contributed by atoms with Crippen LogP contribution >= 0.6 is 0 Å². The molecule has 0 aliphatic heterocycles. The zero-order chi connectivity index (χ0) is 11.6. The number of halogens is 1. The number of benzene rings is 1. The van der Waals surface area contributed by atoms with Gasteiger partial charge in [-0.25, -0.2) is 0 Å². The summed E-state index contributed by atoms with van der Waals surface area (Å²) >= 11 is 0. The van der Waals surface area contributed by atoms with Crippen LogP contribution in [0.2, 0.25) is 0 Å². The second-order valence-corrected chi connectivity index (χ2v) is 5.84. The molecule has 0 saturated heterocycles. The van der Waals surface area contributed by atoms with E-state index < -0.39 is 15.0 Å². The molecule has 3 nitrogen and oxygen atoms in total. The lowest BCUT2D eigenvalue weighted by Crippen LogP contribution is -2.25. The van der Waals surface area contributed by atoms with Crippen molar-refractivity contribution in [3.05, 3.63) is 35.9 Å². The Bertz CT molecular complexity index is 451. The van der Waals surface area contributed by atoms with Gasteiger partial charge in [-0.15, -0.1) is 3.89 Å². The van der Waals surface area contributed by atoms with Crippen LogP contribution in [0.25, 0.3) is 0 Å². The average Bonchev–Trinajstić information content (AvgIpc) is 3.00. The second kappa shape index (κ2) is 4.14. The van der Waals surface area contributed by atoms with Gasteiger partial charge in [0.25, 0.3) is 0 Å². The molecule has 1 aliphatic carbocycles. The Labute approximate surface area is 94.5 Å². The third kappa shape index (κ3) is 2.41. The van der Waals surface area contributed by atoms with E-state index >= 15 is 0 Å². The van der Waals surface area contributed by atoms with Gasteiger partial charge >= 0.3 is 10.2 Å². The van der Waals surface area contributed by atoms with Crippen LogP contribution in [0.3, 0.4) is 0 Å². The Kier molecular flexibility index (Phi) is 2.99. The van der Waals surface area contributed by atoms with Crippen LogP contribution in [0.15, 0.2) is 30.3 Å². The first kappa shape index (κ1) is 11.5. The van der Waals surface area contributed by atoms with Crippen molar-refractivity contribution in [2.24, 2.45) is 0 Å². The predicted molar refractivity (Wildman–Crippen MR) is 58.1 cm³/mol. The molecule has 5 heteroatoms. The van der Waals surface area contributed by atoms with E-state index in [1.165, 1.54) is 0 Å². The summed E-state index contributed by atoms with van der Waals surface area (Å²) in [6.07, 6.45) is 0.723. The van der Waals surface area contributed by atoms with Crippen LogP contribution in [0.1, 0.15) is 18.4 Å². The summed E-state index contributed by atoms with van der Waals surface area (Å²) < 4.78 is 38.5. The molecule has 16 heavy (non-hydrogen) atoms. The fourth-order valence-corrected chi connectivity index (χ4v) is 2.34. The molecule has 0 atom stereocenters. The predicted octanol–water partition coefficient (Wildman–Crippen LogP) is 2.04. The van der Waals surface area contributed by atoms with Crippen LogP contribution < -0.4 is 0 Å². The summed E-state index contributed by atoms with van der Waals surface area (Å²) in [5.74, 6) is 0. The highest BCUT2D eigenvalue weighted by atomic mass is 32.3. The molecule has 1 aromatic rings. The van der Waals surface area contributed by atoms with E-state index in [4.69, 9.17) is 4.74 Å². The molecule has 1 fully saturated rings. The highest BCUT2D eigenvalue weighted by Crippen LogP contribution is 2.44. The minimum atomic E-state index is -4.47. The lowest BCUT2D eigenvalue weighted by molar-refractivity contribution is 0.115. The summed E-state index contributed by atoms with van der Waals surface area (Å²) in [7, 11) is -4.47. The maximum absolute atomic E-state index is 12.8. The van der Waals surface area contributed by atoms with Crippen LogP contribution in [0.4, 0.5) is 3.89 Å². The van der Waals surface area contributed by atoms with Gasteiger partial charge in [0.15, 0.2) is 0 Å². The normalized spacial score (nSPS) is 18.3. The summed E-state index contributed by atoms with van der Waals surface area (Å²) in [5, 5.41) is 0. The summed E-state index contributed by atoms with van der Waals surface area (Å²) in [6, 6.07) is 9.39. The number of ether oxygens (including phenoxy) is 1. The summed E-state index contributed by atoms with van der Waals surface area (Å²) in [5.41, 5.74) is 0.953. The maximum Gasteiger partial charge on any atom is 0.310 e. The zero-order valence-corrected chi connectivity index (χ0v) is 9.54. The van der Waals surface area contributed by atoms with Crippen LogP contribution in [0.5, 0.6) is 0 Å². The van der Waals surface area contributed by atoms with Crippen LogP contribution in [-0.2, 0) is 21.6 Å². The van der Waals surface area contributed by atoms with Crippen molar-refractivity contribution in [1.82, 2.24) is 0 Å². The van der Waals surface area contributed by atoms with E-state index in [9.17, 15) is 12.3 Å². The smallest absolute Gasteiger partial charge is 0.310 e. The molecule has 88 valence electrons. The third-order valence-electron chi connectivity index (χ3n) is 2.80. The van der Waals surface area contributed by atoms with E-state index in [0.717, 1.165) is 5.56 Å². The molecule has 1 aliphatic rings. The van der Waals surface area contributed by atoms with E-state index in [-0.39, 0.29) is 6.61 Å². The number of hydrogen-bond donors (Lipinski definition) is 0. The van der Waals surface area contributed by atoms with Gasteiger partial charge in [0.2, 0.25) is 0 Å². The highest BCUT2D eigenvalue weighted by Gasteiger charge is 2.55. The lowest BCUT2D eigenvalue weighted by atomic mass is 10.2. The first-order valence-electron chi connectivity index (χ1n) is 5.09. The zero-order valence-electron chi connectivity index (χ0n) is 8.73. The average molecular weight is 244 g/mol. The molecule has 0 spiro atoms. The molecule has 1 aromatic carbocycles. The van der Waals surface area contributed by atoms with Gasteiger partial charge in [-0.2, -0.15) is 8.42 Å². The van der Waals surface area contributed by atoms with Crippen molar-refractivity contribution in [3.63, 3.8) is 0 Å². The topological polar surface area (TPSA) is 43.4 Å². The SMILES string of the molecule is O=S(=O)(F)C1(COCc2ccccc2)CC1. The standard InChI is InChI=1S/C11H13FO3S/c12-16(13,14)11(6-7-11)9-15-8-10-4-2-1-3-5-10/h1-5H,6-9H2. The monoisotopic (exact) mass is 244 g/mol. The van der Waals surface area contributed by atoms with Crippen molar-refractivity contribution >= 4 is 10.2 Å². The quantitative estimate of drug-likeness (QED) is 0.744. The molecule has 0 unspecified atom stereocenters. The Morgan fingerprint density at radius 2 is 1.88 bits per heavy atom. The molecule has 0 aromatic heterocycles. The number of hydrogen-bond acceptors (Lipinski definition) is 3. The molecular weight excluding hydrogens is 231 g/mol. The minimum Gasteiger partial charge on any atom is -0.375 e. The van der Waals surface area contributed by atoms with Crippen molar-refractivity contribution in [2.75, 3.05) is 6.61 Å². The van der Waals surface area contributed by atoms with E-state index in [1.807, 2.05) is 30.3 Å². The van der Waals surface area contributed by atoms with Gasteiger partial charge < -0.3 is 4.74 Å². The molecular formula is C11H13FO3S. The Balaban J connectivity index is 1.86. The van der Waals surface area contributed by atoms with Crippen molar-refractivity contribution in [3.8, 4) is 0 Å². The van der Waals surface area contributed by atoms with Gasteiger partial charge in [0.05, 0.1) is 13.2 Å². The van der Waals surface area contributed by atoms with Gasteiger partial charge in [0.1, 0.15) is 4.75 Å². The van der Waals surface area contributed by atoms with Crippen LogP contribution in [0, 0.1) is 0 Å². The Morgan fingerprint density at radius 1 is 1.25 bits per heavy atom. The Hall–Kier alpha value is -0.940. The van der Waals surface area contributed by atoms with Gasteiger partial charge in [-0.1, -0.05) is 30.3 Å². The lowest BCUT2D eigenvalue weighted by Gasteiger charge is -2.10. The molecule has 0 radical (unpaired) electrons. The second-order valence-electron chi connectivity index (χ2n) is 4.10. The first-order valence-corrected chi connectivity index (χ1v) is 6.48. The minimum absolute atomic E-state index is 0.0548. The van der Waals surface area contributed by atoms with E-state index in [2.05, 4.69) is 0 Å². The fourth-order valence-electron chi connectivity index (χ4n) is 1.53. The van der Waals surface area contributed by atoms with Gasteiger partial charge in [0, 0.05) is 0 Å². The number of rotatable bonds is 5. The van der Waals surface area contributed by atoms with Crippen molar-refractivity contribution in [1.29, 1.82) is 0 Å². The molecule has 0 N–H and O–H groups in total. The van der Waals surface area contributed by atoms with Crippen LogP contribution in [-0.4, -0.2) is 19.8 Å². The molecule has 0 heterocycles. The molecule has 2 rings (SSSR count). The van der Waals surface area contributed by atoms with E-state index in [1.54, 1.807) is 0 Å². The fraction of sp³-hybridized carbons (Fsp3) is 0.455. The molecule has 0 bridgehead atoms. The van der Waals surface area contributed by atoms with Crippen molar-refractivity contribution < 1.29 is 17.0 Å². The maximum atomic E-state index is 12.8. The van der Waals surface area contributed by atoms with Crippen molar-refractivity contribution in [2.45, 2.75) is 24.2 Å². The Morgan fingerprint density at radius 3 is 2.38 bits per heavy atom. The summed E-state index contributed by atoms with van der Waals surface area (Å²) in [4.78, 5) is 0. The molecule has 0 amide bonds. The molecule has 1 saturated carbocycles. The van der Waals surface area contributed by atoms with Gasteiger partial charge in [-0.3, -0.25) is 0 Å². The third-order valence-corrected chi connectivity index (χ3v) is 4.36. The summed E-state index contributed by atoms with van der Waals surface area (Å²) in [6.45, 7) is 0.263. The largest absolute Gasteiger partial charge is 0.375 e. The first-order chi connectivity index (χ1) is 7.54. The van der Waals surface area contributed by atoms with E-state index in [0.29, 0.717) is 19.4 Å². The van der Waals surface area contributed by atoms with Gasteiger partial charge in [-0.05, 0) is 18.4 Å².